The van der Waals surface area contributed by atoms with Gasteiger partial charge in [-0.15, -0.1) is 0 Å². The molecule has 3 aromatic rings. The molecule has 27 heavy (non-hydrogen) atoms. The fourth-order valence-electron chi connectivity index (χ4n) is 2.65. The van der Waals surface area contributed by atoms with E-state index in [9.17, 15) is 21.6 Å². The van der Waals surface area contributed by atoms with Gasteiger partial charge >= 0.3 is 6.18 Å². The van der Waals surface area contributed by atoms with Crippen LogP contribution in [0.1, 0.15) is 12.6 Å². The molecule has 7 nitrogen and oxygen atoms in total. The number of benzene rings is 1. The van der Waals surface area contributed by atoms with Crippen molar-refractivity contribution in [3.8, 4) is 22.5 Å². The fourth-order valence-corrected chi connectivity index (χ4v) is 3.17. The molecule has 0 unspecified atom stereocenters. The number of hydrogen-bond acceptors (Lipinski definition) is 5. The van der Waals surface area contributed by atoms with Crippen molar-refractivity contribution in [2.45, 2.75) is 24.5 Å². The van der Waals surface area contributed by atoms with E-state index in [1.165, 1.54) is 49.8 Å². The van der Waals surface area contributed by atoms with Gasteiger partial charge < -0.3 is 0 Å². The molecule has 0 amide bonds. The predicted molar refractivity (Wildman–Crippen MR) is 90.7 cm³/mol. The van der Waals surface area contributed by atoms with Gasteiger partial charge in [-0.05, 0) is 19.1 Å². The van der Waals surface area contributed by atoms with Gasteiger partial charge in [-0.2, -0.15) is 18.3 Å². The van der Waals surface area contributed by atoms with Crippen LogP contribution in [-0.4, -0.2) is 28.2 Å². The van der Waals surface area contributed by atoms with Crippen LogP contribution in [0, 0.1) is 0 Å². The maximum Gasteiger partial charge on any atom is 0.433 e. The summed E-state index contributed by atoms with van der Waals surface area (Å²) in [5.41, 5.74) is -0.849. The average Bonchev–Trinajstić information content (AvgIpc) is 3.02. The first-order valence-corrected chi connectivity index (χ1v) is 9.25. The molecule has 2 aromatic heterocycles. The SMILES string of the molecule is CCn1nc(-c2ccc(S(N)(=O)=O)cc2)c(-c2cnccn2)c1C(F)(F)F. The van der Waals surface area contributed by atoms with Gasteiger partial charge in [-0.1, -0.05) is 12.1 Å². The van der Waals surface area contributed by atoms with Crippen molar-refractivity contribution in [2.24, 2.45) is 5.14 Å². The molecule has 0 aliphatic carbocycles. The quantitative estimate of drug-likeness (QED) is 0.729. The molecule has 0 saturated carbocycles. The summed E-state index contributed by atoms with van der Waals surface area (Å²) in [7, 11) is -3.92. The molecule has 2 heterocycles. The van der Waals surface area contributed by atoms with Crippen LogP contribution < -0.4 is 5.14 Å². The molecular weight excluding hydrogens is 383 g/mol. The van der Waals surface area contributed by atoms with Crippen LogP contribution in [0.3, 0.4) is 0 Å². The highest BCUT2D eigenvalue weighted by Crippen LogP contribution is 2.41. The summed E-state index contributed by atoms with van der Waals surface area (Å²) in [4.78, 5) is 7.67. The minimum atomic E-state index is -4.67. The van der Waals surface area contributed by atoms with Gasteiger partial charge in [0.15, 0.2) is 5.69 Å². The fraction of sp³-hybridized carbons (Fsp3) is 0.188. The van der Waals surface area contributed by atoms with Crippen molar-refractivity contribution in [3.05, 3.63) is 48.5 Å². The van der Waals surface area contributed by atoms with E-state index in [1.807, 2.05) is 0 Å². The van der Waals surface area contributed by atoms with Crippen LogP contribution in [0.5, 0.6) is 0 Å². The van der Waals surface area contributed by atoms with E-state index in [-0.39, 0.29) is 28.4 Å². The van der Waals surface area contributed by atoms with Gasteiger partial charge in [0.25, 0.3) is 0 Å². The number of alkyl halides is 3. The molecule has 3 rings (SSSR count). The van der Waals surface area contributed by atoms with Gasteiger partial charge in [-0.3, -0.25) is 14.6 Å². The van der Waals surface area contributed by atoms with Crippen molar-refractivity contribution in [1.82, 2.24) is 19.7 Å². The summed E-state index contributed by atoms with van der Waals surface area (Å²) in [6.45, 7) is 1.52. The lowest BCUT2D eigenvalue weighted by Gasteiger charge is -2.11. The standard InChI is InChI=1S/C16H14F3N5O2S/c1-2-24-15(16(17,18)19)13(12-9-21-7-8-22-12)14(23-24)10-3-5-11(6-4-10)27(20,25)26/h3-9H,2H2,1H3,(H2,20,25,26). The molecule has 1 aromatic carbocycles. The molecule has 0 bridgehead atoms. The smallest absolute Gasteiger partial charge is 0.261 e. The first-order chi connectivity index (χ1) is 12.6. The summed E-state index contributed by atoms with van der Waals surface area (Å²) >= 11 is 0. The van der Waals surface area contributed by atoms with Crippen molar-refractivity contribution < 1.29 is 21.6 Å². The highest BCUT2D eigenvalue weighted by molar-refractivity contribution is 7.89. The van der Waals surface area contributed by atoms with Crippen LogP contribution in [0.15, 0.2) is 47.8 Å². The van der Waals surface area contributed by atoms with Crippen molar-refractivity contribution >= 4 is 10.0 Å². The van der Waals surface area contributed by atoms with Gasteiger partial charge in [-0.25, -0.2) is 13.6 Å². The molecule has 0 atom stereocenters. The molecule has 142 valence electrons. The molecule has 0 aliphatic rings. The van der Waals surface area contributed by atoms with Gasteiger partial charge in [0.2, 0.25) is 10.0 Å². The highest BCUT2D eigenvalue weighted by Gasteiger charge is 2.40. The molecule has 0 aliphatic heterocycles. The Hall–Kier alpha value is -2.79. The maximum absolute atomic E-state index is 13.7. The summed E-state index contributed by atoms with van der Waals surface area (Å²) in [6, 6.07) is 5.12. The first-order valence-electron chi connectivity index (χ1n) is 7.70. The Labute approximate surface area is 152 Å². The summed E-state index contributed by atoms with van der Waals surface area (Å²) in [5.74, 6) is 0. The topological polar surface area (TPSA) is 104 Å². The number of aromatic nitrogens is 4. The minimum Gasteiger partial charge on any atom is -0.261 e. The van der Waals surface area contributed by atoms with Crippen LogP contribution in [0.2, 0.25) is 0 Å². The van der Waals surface area contributed by atoms with Gasteiger partial charge in [0, 0.05) is 24.5 Å². The third-order valence-corrected chi connectivity index (χ3v) is 4.73. The number of halogens is 3. The molecule has 2 N–H and O–H groups in total. The number of nitrogens with zero attached hydrogens (tertiary/aromatic N) is 4. The summed E-state index contributed by atoms with van der Waals surface area (Å²) in [6.07, 6.45) is -0.822. The number of rotatable bonds is 4. The van der Waals surface area contributed by atoms with E-state index in [0.717, 1.165) is 4.68 Å². The van der Waals surface area contributed by atoms with E-state index in [0.29, 0.717) is 5.56 Å². The third kappa shape index (κ3) is 3.69. The second kappa shape index (κ2) is 6.74. The summed E-state index contributed by atoms with van der Waals surface area (Å²) < 4.78 is 64.8. The predicted octanol–water partition coefficient (Wildman–Crippen LogP) is 2.69. The van der Waals surface area contributed by atoms with Crippen LogP contribution in [-0.2, 0) is 22.7 Å². The van der Waals surface area contributed by atoms with E-state index >= 15 is 0 Å². The molecular formula is C16H14F3N5O2S. The Morgan fingerprint density at radius 2 is 1.81 bits per heavy atom. The number of sulfonamides is 1. The Morgan fingerprint density at radius 1 is 1.15 bits per heavy atom. The lowest BCUT2D eigenvalue weighted by Crippen LogP contribution is -2.15. The van der Waals surface area contributed by atoms with Crippen LogP contribution in [0.25, 0.3) is 22.5 Å². The average molecular weight is 397 g/mol. The van der Waals surface area contributed by atoms with Crippen LogP contribution >= 0.6 is 0 Å². The highest BCUT2D eigenvalue weighted by atomic mass is 32.2. The van der Waals surface area contributed by atoms with Gasteiger partial charge in [0.1, 0.15) is 5.69 Å². The monoisotopic (exact) mass is 397 g/mol. The number of hydrogen-bond donors (Lipinski definition) is 1. The zero-order chi connectivity index (χ0) is 19.8. The van der Waals surface area contributed by atoms with Crippen molar-refractivity contribution in [3.63, 3.8) is 0 Å². The second-order valence-corrected chi connectivity index (χ2v) is 7.11. The summed E-state index contributed by atoms with van der Waals surface area (Å²) in [5, 5.41) is 9.14. The third-order valence-electron chi connectivity index (χ3n) is 3.80. The second-order valence-electron chi connectivity index (χ2n) is 5.55. The largest absolute Gasteiger partial charge is 0.433 e. The molecule has 0 radical (unpaired) electrons. The molecule has 0 spiro atoms. The number of primary sulfonamides is 1. The minimum absolute atomic E-state index is 0.00930. The van der Waals surface area contributed by atoms with Crippen molar-refractivity contribution in [1.29, 1.82) is 0 Å². The van der Waals surface area contributed by atoms with Gasteiger partial charge in [0.05, 0.1) is 22.3 Å². The Kier molecular flexibility index (Phi) is 4.74. The van der Waals surface area contributed by atoms with E-state index < -0.39 is 21.9 Å². The van der Waals surface area contributed by atoms with E-state index in [4.69, 9.17) is 5.14 Å². The Bertz CT molecular complexity index is 1060. The zero-order valence-corrected chi connectivity index (χ0v) is 14.8. The van der Waals surface area contributed by atoms with Crippen LogP contribution in [0.4, 0.5) is 13.2 Å². The van der Waals surface area contributed by atoms with E-state index in [1.54, 1.807) is 0 Å². The van der Waals surface area contributed by atoms with E-state index in [2.05, 4.69) is 15.1 Å². The lowest BCUT2D eigenvalue weighted by molar-refractivity contribution is -0.143. The molecule has 11 heteroatoms. The maximum atomic E-state index is 13.7. The Balaban J connectivity index is 2.29. The molecule has 0 saturated heterocycles. The first kappa shape index (κ1) is 19.0. The molecule has 0 fully saturated rings. The van der Waals surface area contributed by atoms with Crippen molar-refractivity contribution in [2.75, 3.05) is 0 Å². The number of nitrogens with two attached hydrogens (primary N) is 1. The lowest BCUT2D eigenvalue weighted by atomic mass is 10.0. The Morgan fingerprint density at radius 3 is 2.30 bits per heavy atom. The zero-order valence-electron chi connectivity index (χ0n) is 14.0. The number of aryl methyl sites for hydroxylation is 1. The normalized spacial score (nSPS) is 12.3.